The van der Waals surface area contributed by atoms with Gasteiger partial charge in [-0.15, -0.1) is 11.3 Å². The van der Waals surface area contributed by atoms with Crippen molar-refractivity contribution in [1.29, 1.82) is 0 Å². The van der Waals surface area contributed by atoms with Crippen molar-refractivity contribution in [3.8, 4) is 17.2 Å². The van der Waals surface area contributed by atoms with Gasteiger partial charge in [-0.25, -0.2) is 13.4 Å². The molecule has 6 rings (SSSR count). The standard InChI is InChI=1S/C32H39N2O8S2/c1-20(2)15-34(44(36,37)25-9-11-29-30(14-25)42-19-41-29)31(27-17-40-32-26(27)12-13-38-32)28(35)10-6-22-4-7-24(8-5-22)39-16-23-18-43-21(3)33-23/h4-5,7-11,14,18,20,26-28,31-32,35H,6,12-13,15-17,19H2,1-3H3/t26-,27?,28+,31+,32+/m0/s1. The third kappa shape index (κ3) is 6.75. The maximum atomic E-state index is 14.4. The van der Waals surface area contributed by atoms with Crippen LogP contribution in [0.15, 0.2) is 52.7 Å². The lowest BCUT2D eigenvalue weighted by molar-refractivity contribution is -0.0906. The summed E-state index contributed by atoms with van der Waals surface area (Å²) < 4.78 is 58.7. The summed E-state index contributed by atoms with van der Waals surface area (Å²) in [7, 11) is -4.04. The predicted octanol–water partition coefficient (Wildman–Crippen LogP) is 4.59. The summed E-state index contributed by atoms with van der Waals surface area (Å²) in [4.78, 5) is 4.53. The highest BCUT2D eigenvalue weighted by Crippen LogP contribution is 2.42. The lowest BCUT2D eigenvalue weighted by atomic mass is 9.82. The Labute approximate surface area is 262 Å². The number of aliphatic hydroxyl groups is 1. The molecule has 237 valence electrons. The van der Waals surface area contributed by atoms with Crippen molar-refractivity contribution < 1.29 is 37.2 Å². The number of nitrogens with zero attached hydrogens (tertiary/aromatic N) is 2. The van der Waals surface area contributed by atoms with Crippen molar-refractivity contribution in [1.82, 2.24) is 9.29 Å². The van der Waals surface area contributed by atoms with Crippen molar-refractivity contribution in [2.45, 2.75) is 63.6 Å². The molecular formula is C32H39N2O8S2. The van der Waals surface area contributed by atoms with E-state index in [-0.39, 0.29) is 42.3 Å². The second kappa shape index (κ2) is 13.3. The molecular weight excluding hydrogens is 604 g/mol. The molecule has 0 saturated carbocycles. The van der Waals surface area contributed by atoms with Gasteiger partial charge in [0.2, 0.25) is 16.8 Å². The largest absolute Gasteiger partial charge is 0.487 e. The van der Waals surface area contributed by atoms with Crippen LogP contribution in [0.1, 0.15) is 36.5 Å². The third-order valence-electron chi connectivity index (χ3n) is 8.27. The van der Waals surface area contributed by atoms with Gasteiger partial charge in [-0.1, -0.05) is 26.0 Å². The van der Waals surface area contributed by atoms with Gasteiger partial charge in [-0.05, 0) is 61.9 Å². The summed E-state index contributed by atoms with van der Waals surface area (Å²) in [5.74, 6) is 1.37. The number of rotatable bonds is 13. The first-order valence-corrected chi connectivity index (χ1v) is 17.3. The molecule has 1 aromatic heterocycles. The molecule has 2 fully saturated rings. The fraction of sp³-hybridized carbons (Fsp3) is 0.500. The number of ether oxygens (including phenoxy) is 5. The lowest BCUT2D eigenvalue weighted by Crippen LogP contribution is -2.54. The Bertz CT molecular complexity index is 1530. The van der Waals surface area contributed by atoms with E-state index in [1.807, 2.05) is 50.4 Å². The van der Waals surface area contributed by atoms with Crippen LogP contribution in [0, 0.1) is 31.1 Å². The van der Waals surface area contributed by atoms with Crippen LogP contribution in [-0.2, 0) is 32.5 Å². The Morgan fingerprint density at radius 3 is 2.68 bits per heavy atom. The van der Waals surface area contributed by atoms with E-state index in [2.05, 4.69) is 4.98 Å². The van der Waals surface area contributed by atoms with Crippen LogP contribution in [-0.4, -0.2) is 67.8 Å². The van der Waals surface area contributed by atoms with Crippen molar-refractivity contribution >= 4 is 21.4 Å². The van der Waals surface area contributed by atoms with Crippen LogP contribution in [0.25, 0.3) is 0 Å². The molecule has 0 spiro atoms. The number of thiazole rings is 1. The van der Waals surface area contributed by atoms with E-state index < -0.39 is 22.2 Å². The summed E-state index contributed by atoms with van der Waals surface area (Å²) >= 11 is 1.59. The third-order valence-corrected chi connectivity index (χ3v) is 11.0. The fourth-order valence-corrected chi connectivity index (χ4v) is 8.61. The van der Waals surface area contributed by atoms with Gasteiger partial charge in [0.05, 0.1) is 41.0 Å². The number of aliphatic hydroxyl groups excluding tert-OH is 1. The first kappa shape index (κ1) is 31.3. The van der Waals surface area contributed by atoms with E-state index in [0.717, 1.165) is 28.4 Å². The number of hydrogen-bond donors (Lipinski definition) is 1. The second-order valence-electron chi connectivity index (χ2n) is 11.9. The van der Waals surface area contributed by atoms with Crippen LogP contribution < -0.4 is 14.2 Å². The maximum absolute atomic E-state index is 14.4. The molecule has 12 heteroatoms. The molecule has 2 saturated heterocycles. The molecule has 44 heavy (non-hydrogen) atoms. The van der Waals surface area contributed by atoms with E-state index >= 15 is 0 Å². The maximum Gasteiger partial charge on any atom is 0.243 e. The predicted molar refractivity (Wildman–Crippen MR) is 164 cm³/mol. The number of fused-ring (bicyclic) bond motifs is 2. The van der Waals surface area contributed by atoms with Crippen LogP contribution >= 0.6 is 11.3 Å². The minimum Gasteiger partial charge on any atom is -0.487 e. The molecule has 5 atom stereocenters. The highest BCUT2D eigenvalue weighted by molar-refractivity contribution is 7.89. The average molecular weight is 644 g/mol. The SMILES string of the molecule is Cc1nc(COc2ccc(C[CH][C@@H](O)[C@@H](C3CO[C@H]4OCC[C@@H]34)N(CC(C)C)S(=O)(=O)c3ccc4c(c3)OCO4)cc2)cs1. The molecule has 2 aromatic carbocycles. The minimum absolute atomic E-state index is 0.00664. The quantitative estimate of drug-likeness (QED) is 0.286. The van der Waals surface area contributed by atoms with Crippen LogP contribution in [0.3, 0.4) is 0 Å². The first-order chi connectivity index (χ1) is 21.2. The van der Waals surface area contributed by atoms with Gasteiger partial charge >= 0.3 is 0 Å². The second-order valence-corrected chi connectivity index (χ2v) is 14.8. The summed E-state index contributed by atoms with van der Waals surface area (Å²) in [6, 6.07) is 11.6. The summed E-state index contributed by atoms with van der Waals surface area (Å²) in [5.41, 5.74) is 1.87. The molecule has 0 bridgehead atoms. The topological polar surface area (TPSA) is 117 Å². The van der Waals surface area contributed by atoms with Gasteiger partial charge in [0.25, 0.3) is 0 Å². The number of benzene rings is 2. The van der Waals surface area contributed by atoms with Gasteiger partial charge in [0.15, 0.2) is 17.8 Å². The normalized spacial score (nSPS) is 22.5. The zero-order chi connectivity index (χ0) is 30.8. The molecule has 0 amide bonds. The molecule has 3 aliphatic rings. The van der Waals surface area contributed by atoms with E-state index in [1.165, 1.54) is 16.4 Å². The van der Waals surface area contributed by atoms with Crippen molar-refractivity contribution in [2.75, 3.05) is 26.6 Å². The van der Waals surface area contributed by atoms with Crippen molar-refractivity contribution in [2.24, 2.45) is 17.8 Å². The molecule has 10 nitrogen and oxygen atoms in total. The van der Waals surface area contributed by atoms with Gasteiger partial charge in [-0.3, -0.25) is 0 Å². The van der Waals surface area contributed by atoms with Crippen molar-refractivity contribution in [3.63, 3.8) is 0 Å². The lowest BCUT2D eigenvalue weighted by Gasteiger charge is -2.39. The van der Waals surface area contributed by atoms with E-state index in [4.69, 9.17) is 23.7 Å². The van der Waals surface area contributed by atoms with Crippen LogP contribution in [0.2, 0.25) is 0 Å². The van der Waals surface area contributed by atoms with E-state index in [1.54, 1.807) is 23.8 Å². The Balaban J connectivity index is 1.22. The van der Waals surface area contributed by atoms with E-state index in [0.29, 0.717) is 37.7 Å². The Morgan fingerprint density at radius 1 is 1.14 bits per heavy atom. The molecule has 1 N–H and O–H groups in total. The Hall–Kier alpha value is -2.74. The smallest absolute Gasteiger partial charge is 0.243 e. The first-order valence-electron chi connectivity index (χ1n) is 15.0. The summed E-state index contributed by atoms with van der Waals surface area (Å²) in [6.07, 6.45) is 1.55. The number of aryl methyl sites for hydroxylation is 1. The molecule has 4 heterocycles. The number of hydrogen-bond acceptors (Lipinski definition) is 10. The average Bonchev–Trinajstić information content (AvgIpc) is 3.81. The van der Waals surface area contributed by atoms with Gasteiger partial charge in [0, 0.05) is 29.8 Å². The fourth-order valence-electron chi connectivity index (χ4n) is 6.15. The highest BCUT2D eigenvalue weighted by atomic mass is 32.2. The zero-order valence-electron chi connectivity index (χ0n) is 25.1. The van der Waals surface area contributed by atoms with Crippen LogP contribution in [0.5, 0.6) is 17.2 Å². The van der Waals surface area contributed by atoms with Gasteiger partial charge in [-0.2, -0.15) is 4.31 Å². The summed E-state index contributed by atoms with van der Waals surface area (Å²) in [6.45, 7) is 7.44. The van der Waals surface area contributed by atoms with Crippen molar-refractivity contribution in [3.05, 3.63) is 70.5 Å². The van der Waals surface area contributed by atoms with Crippen LogP contribution in [0.4, 0.5) is 0 Å². The molecule has 1 radical (unpaired) electrons. The molecule has 3 aromatic rings. The molecule has 3 aliphatic heterocycles. The number of aromatic nitrogens is 1. The Kier molecular flexibility index (Phi) is 9.46. The van der Waals surface area contributed by atoms with E-state index in [9.17, 15) is 13.5 Å². The highest BCUT2D eigenvalue weighted by Gasteiger charge is 2.51. The summed E-state index contributed by atoms with van der Waals surface area (Å²) in [5, 5.41) is 14.8. The van der Waals surface area contributed by atoms with Gasteiger partial charge < -0.3 is 28.8 Å². The molecule has 0 aliphatic carbocycles. The zero-order valence-corrected chi connectivity index (χ0v) is 26.8. The molecule has 1 unspecified atom stereocenters. The minimum atomic E-state index is -4.04. The monoisotopic (exact) mass is 643 g/mol. The van der Waals surface area contributed by atoms with Gasteiger partial charge in [0.1, 0.15) is 12.4 Å². The Morgan fingerprint density at radius 2 is 1.93 bits per heavy atom. The number of sulfonamides is 1.